The largest absolute Gasteiger partial charge is 0.493 e. The molecule has 0 aromatic heterocycles. The Bertz CT molecular complexity index is 909. The molecule has 1 nitrogen and oxygen atoms in total. The lowest BCUT2D eigenvalue weighted by atomic mass is 9.76. The van der Waals surface area contributed by atoms with E-state index in [0.29, 0.717) is 12.5 Å². The van der Waals surface area contributed by atoms with Gasteiger partial charge >= 0.3 is 0 Å². The van der Waals surface area contributed by atoms with Crippen molar-refractivity contribution in [3.63, 3.8) is 0 Å². The van der Waals surface area contributed by atoms with Crippen molar-refractivity contribution >= 4 is 0 Å². The van der Waals surface area contributed by atoms with Gasteiger partial charge in [-0.2, -0.15) is 0 Å². The highest BCUT2D eigenvalue weighted by Gasteiger charge is 2.26. The van der Waals surface area contributed by atoms with Crippen molar-refractivity contribution in [3.8, 4) is 5.75 Å². The smallest absolute Gasteiger partial charge is 0.126 e. The highest BCUT2D eigenvalue weighted by Crippen LogP contribution is 2.40. The Morgan fingerprint density at radius 2 is 1.82 bits per heavy atom. The molecule has 1 fully saturated rings. The monoisotopic (exact) mass is 448 g/mol. The maximum absolute atomic E-state index is 15.3. The summed E-state index contributed by atoms with van der Waals surface area (Å²) in [6.45, 7) is 6.69. The van der Waals surface area contributed by atoms with E-state index in [2.05, 4.69) is 43.8 Å². The fourth-order valence-corrected chi connectivity index (χ4v) is 5.94. The summed E-state index contributed by atoms with van der Waals surface area (Å²) in [6.07, 6.45) is 16.2. The lowest BCUT2D eigenvalue weighted by molar-refractivity contribution is 0.302. The predicted octanol–water partition coefficient (Wildman–Crippen LogP) is 8.91. The molecule has 2 aliphatic rings. The van der Waals surface area contributed by atoms with Gasteiger partial charge in [0, 0.05) is 0 Å². The third kappa shape index (κ3) is 6.28. The van der Waals surface area contributed by atoms with Crippen molar-refractivity contribution in [3.05, 3.63) is 77.1 Å². The van der Waals surface area contributed by atoms with Crippen LogP contribution in [-0.4, -0.2) is 6.61 Å². The average Bonchev–Trinajstić information content (AvgIpc) is 2.84. The van der Waals surface area contributed by atoms with Crippen LogP contribution in [0.1, 0.15) is 105 Å². The Morgan fingerprint density at radius 1 is 0.970 bits per heavy atom. The quantitative estimate of drug-likeness (QED) is 0.260. The number of halogens is 1. The molecule has 0 aliphatic heterocycles. The molecule has 0 amide bonds. The first-order chi connectivity index (χ1) is 16.2. The van der Waals surface area contributed by atoms with Crippen molar-refractivity contribution in [2.24, 2.45) is 5.92 Å². The van der Waals surface area contributed by atoms with Crippen LogP contribution in [0.25, 0.3) is 0 Å². The van der Waals surface area contributed by atoms with Crippen LogP contribution in [0.5, 0.6) is 5.75 Å². The van der Waals surface area contributed by atoms with E-state index in [4.69, 9.17) is 4.74 Å². The van der Waals surface area contributed by atoms with Crippen molar-refractivity contribution in [2.45, 2.75) is 95.8 Å². The van der Waals surface area contributed by atoms with Crippen molar-refractivity contribution in [2.75, 3.05) is 6.61 Å². The Labute approximate surface area is 200 Å². The topological polar surface area (TPSA) is 9.23 Å². The van der Waals surface area contributed by atoms with Gasteiger partial charge in [0.2, 0.25) is 0 Å². The van der Waals surface area contributed by atoms with Gasteiger partial charge in [-0.05, 0) is 110 Å². The van der Waals surface area contributed by atoms with Crippen LogP contribution in [0.2, 0.25) is 0 Å². The normalized spacial score (nSPS) is 22.5. The van der Waals surface area contributed by atoms with Gasteiger partial charge in [0.1, 0.15) is 11.6 Å². The average molecular weight is 449 g/mol. The van der Waals surface area contributed by atoms with Crippen LogP contribution < -0.4 is 4.74 Å². The second-order valence-corrected chi connectivity index (χ2v) is 10.3. The van der Waals surface area contributed by atoms with Gasteiger partial charge in [0.25, 0.3) is 0 Å². The number of fused-ring (bicyclic) bond motifs is 1. The molecule has 0 spiro atoms. The summed E-state index contributed by atoms with van der Waals surface area (Å²) in [4.78, 5) is 0. The lowest BCUT2D eigenvalue weighted by Gasteiger charge is -2.30. The highest BCUT2D eigenvalue weighted by atomic mass is 19.1. The lowest BCUT2D eigenvalue weighted by Crippen LogP contribution is -2.16. The SMILES string of the molecule is C=CCCOc1ccc2c(c1)CCC(c1ccc(C3CCC(CCCCC)CC3)cc1F)C2. The summed E-state index contributed by atoms with van der Waals surface area (Å²) < 4.78 is 21.1. The molecule has 0 bridgehead atoms. The molecule has 2 heteroatoms. The third-order valence-electron chi connectivity index (χ3n) is 8.00. The summed E-state index contributed by atoms with van der Waals surface area (Å²) >= 11 is 0. The van der Waals surface area contributed by atoms with Crippen molar-refractivity contribution < 1.29 is 9.13 Å². The summed E-state index contributed by atoms with van der Waals surface area (Å²) in [5.41, 5.74) is 4.83. The molecule has 0 N–H and O–H groups in total. The number of hydrogen-bond donors (Lipinski definition) is 0. The van der Waals surface area contributed by atoms with Crippen LogP contribution in [-0.2, 0) is 12.8 Å². The van der Waals surface area contributed by atoms with Crippen LogP contribution in [0, 0.1) is 11.7 Å². The van der Waals surface area contributed by atoms with Crippen LogP contribution in [0.3, 0.4) is 0 Å². The Morgan fingerprint density at radius 3 is 2.58 bits per heavy atom. The molecule has 178 valence electrons. The van der Waals surface area contributed by atoms with E-state index in [0.717, 1.165) is 42.9 Å². The summed E-state index contributed by atoms with van der Waals surface area (Å²) in [6, 6.07) is 12.6. The minimum Gasteiger partial charge on any atom is -0.493 e. The number of rotatable bonds is 10. The first-order valence-electron chi connectivity index (χ1n) is 13.3. The molecule has 2 aromatic carbocycles. The van der Waals surface area contributed by atoms with Gasteiger partial charge in [-0.1, -0.05) is 56.9 Å². The van der Waals surface area contributed by atoms with E-state index in [1.54, 1.807) is 0 Å². The maximum Gasteiger partial charge on any atom is 0.126 e. The molecular weight excluding hydrogens is 407 g/mol. The zero-order valence-corrected chi connectivity index (χ0v) is 20.5. The van der Waals surface area contributed by atoms with Gasteiger partial charge in [-0.3, -0.25) is 0 Å². The second kappa shape index (κ2) is 11.9. The number of ether oxygens (including phenoxy) is 1. The number of unbranched alkanes of at least 4 members (excludes halogenated alkanes) is 2. The fraction of sp³-hybridized carbons (Fsp3) is 0.548. The van der Waals surface area contributed by atoms with Crippen LogP contribution in [0.4, 0.5) is 4.39 Å². The Kier molecular flexibility index (Phi) is 8.64. The number of hydrogen-bond acceptors (Lipinski definition) is 1. The summed E-state index contributed by atoms with van der Waals surface area (Å²) in [5, 5.41) is 0. The molecule has 1 saturated carbocycles. The van der Waals surface area contributed by atoms with E-state index >= 15 is 4.39 Å². The van der Waals surface area contributed by atoms with Gasteiger partial charge in [-0.15, -0.1) is 6.58 Å². The van der Waals surface area contributed by atoms with Crippen LogP contribution >= 0.6 is 0 Å². The van der Waals surface area contributed by atoms with Crippen molar-refractivity contribution in [1.29, 1.82) is 0 Å². The molecule has 0 radical (unpaired) electrons. The predicted molar refractivity (Wildman–Crippen MR) is 137 cm³/mol. The van der Waals surface area contributed by atoms with Gasteiger partial charge in [0.15, 0.2) is 0 Å². The highest BCUT2D eigenvalue weighted by molar-refractivity contribution is 5.40. The van der Waals surface area contributed by atoms with E-state index in [1.807, 2.05) is 12.1 Å². The third-order valence-corrected chi connectivity index (χ3v) is 8.00. The Hall–Kier alpha value is -2.09. The van der Waals surface area contributed by atoms with Crippen molar-refractivity contribution in [1.82, 2.24) is 0 Å². The summed E-state index contributed by atoms with van der Waals surface area (Å²) in [5.74, 6) is 2.66. The number of benzene rings is 2. The second-order valence-electron chi connectivity index (χ2n) is 10.3. The van der Waals surface area contributed by atoms with Gasteiger partial charge < -0.3 is 4.74 Å². The van der Waals surface area contributed by atoms with Gasteiger partial charge in [-0.25, -0.2) is 4.39 Å². The molecule has 2 aromatic rings. The molecule has 33 heavy (non-hydrogen) atoms. The molecule has 1 unspecified atom stereocenters. The molecule has 2 aliphatic carbocycles. The maximum atomic E-state index is 15.3. The minimum absolute atomic E-state index is 0.00963. The fourth-order valence-electron chi connectivity index (χ4n) is 5.94. The van der Waals surface area contributed by atoms with E-state index in [1.165, 1.54) is 68.1 Å². The standard InChI is InChI=1S/C31H41FO/c1-3-5-7-8-23-9-11-24(12-10-23)27-16-18-30(31(32)22-27)28-14-13-26-21-29(33-19-6-4-2)17-15-25(26)20-28/h4,15-18,21-24,28H,2-3,5-14,19-20H2,1H3. The Balaban J connectivity index is 1.35. The first-order valence-corrected chi connectivity index (χ1v) is 13.3. The molecule has 0 heterocycles. The number of aryl methyl sites for hydroxylation is 1. The molecular formula is C31H41FO. The molecule has 0 saturated heterocycles. The zero-order valence-electron chi connectivity index (χ0n) is 20.5. The van der Waals surface area contributed by atoms with E-state index in [-0.39, 0.29) is 11.7 Å². The first kappa shape index (κ1) is 24.0. The van der Waals surface area contributed by atoms with Crippen LogP contribution in [0.15, 0.2) is 49.1 Å². The zero-order chi connectivity index (χ0) is 23.0. The summed E-state index contributed by atoms with van der Waals surface area (Å²) in [7, 11) is 0. The van der Waals surface area contributed by atoms with Gasteiger partial charge in [0.05, 0.1) is 6.61 Å². The van der Waals surface area contributed by atoms with E-state index < -0.39 is 0 Å². The van der Waals surface area contributed by atoms with E-state index in [9.17, 15) is 0 Å². The molecule has 4 rings (SSSR count). The minimum atomic E-state index is 0.00963. The molecule has 1 atom stereocenters.